The van der Waals surface area contributed by atoms with Crippen LogP contribution in [0.25, 0.3) is 0 Å². The number of anilines is 1. The molecule has 0 saturated heterocycles. The van der Waals surface area contributed by atoms with Gasteiger partial charge in [0.1, 0.15) is 11.9 Å². The van der Waals surface area contributed by atoms with E-state index in [0.717, 1.165) is 6.07 Å². The van der Waals surface area contributed by atoms with E-state index in [1.54, 1.807) is 0 Å². The molecule has 0 spiro atoms. The van der Waals surface area contributed by atoms with Crippen LogP contribution >= 0.6 is 0 Å². The van der Waals surface area contributed by atoms with Crippen LogP contribution in [0.15, 0.2) is 18.2 Å². The molecule has 0 radical (unpaired) electrons. The van der Waals surface area contributed by atoms with Gasteiger partial charge in [-0.1, -0.05) is 13.8 Å². The summed E-state index contributed by atoms with van der Waals surface area (Å²) in [6.07, 6.45) is 0.322. The zero-order valence-electron chi connectivity index (χ0n) is 17.0. The Morgan fingerprint density at radius 2 is 1.86 bits per heavy atom. The van der Waals surface area contributed by atoms with Crippen molar-refractivity contribution in [3.05, 3.63) is 29.6 Å². The third-order valence-corrected chi connectivity index (χ3v) is 3.64. The highest BCUT2D eigenvalue weighted by Crippen LogP contribution is 2.17. The first-order chi connectivity index (χ1) is 12.9. The minimum Gasteiger partial charge on any atom is -0.480 e. The molecular weight excluding hydrogens is 367 g/mol. The summed E-state index contributed by atoms with van der Waals surface area (Å²) < 4.78 is 19.7. The average Bonchev–Trinajstić information content (AvgIpc) is 2.53. The first kappa shape index (κ1) is 23.6. The van der Waals surface area contributed by atoms with Crippen LogP contribution in [0, 0.1) is 11.7 Å². The molecule has 0 heterocycles. The number of halogens is 1. The number of aliphatic carboxylic acids is 1. The van der Waals surface area contributed by atoms with Crippen molar-refractivity contribution in [1.82, 2.24) is 5.32 Å². The number of amides is 2. The Labute approximate surface area is 164 Å². The van der Waals surface area contributed by atoms with E-state index in [-0.39, 0.29) is 42.5 Å². The first-order valence-corrected chi connectivity index (χ1v) is 9.16. The minimum absolute atomic E-state index is 0.0319. The maximum atomic E-state index is 14.2. The second-order valence-corrected chi connectivity index (χ2v) is 7.95. The molecule has 8 heteroatoms. The second kappa shape index (κ2) is 10.2. The van der Waals surface area contributed by atoms with E-state index in [4.69, 9.17) is 4.74 Å². The maximum absolute atomic E-state index is 14.2. The van der Waals surface area contributed by atoms with Crippen LogP contribution in [0.5, 0.6) is 0 Å². The highest BCUT2D eigenvalue weighted by atomic mass is 19.1. The zero-order valence-corrected chi connectivity index (χ0v) is 17.0. The molecule has 1 unspecified atom stereocenters. The Kier molecular flexibility index (Phi) is 8.56. The minimum atomic E-state index is -1.20. The van der Waals surface area contributed by atoms with Gasteiger partial charge in [-0.3, -0.25) is 9.59 Å². The molecule has 7 nitrogen and oxygen atoms in total. The van der Waals surface area contributed by atoms with Gasteiger partial charge < -0.3 is 20.5 Å². The standard InChI is InChI=1S/C20H29FN2O5/c1-12(2)10-17(24)22-15-7-6-13(11-14(15)21)18(25)23-16(19(26)27)8-9-28-20(3,4)5/h6-7,11-12,16H,8-10H2,1-5H3,(H,22,24)(H,23,25)(H,26,27). The number of hydrogen-bond donors (Lipinski definition) is 3. The van der Waals surface area contributed by atoms with E-state index in [0.29, 0.717) is 0 Å². The summed E-state index contributed by atoms with van der Waals surface area (Å²) in [5, 5.41) is 14.1. The quantitative estimate of drug-likeness (QED) is 0.595. The fraction of sp³-hybridized carbons (Fsp3) is 0.550. The number of carbonyl (C=O) groups excluding carboxylic acids is 2. The lowest BCUT2D eigenvalue weighted by Crippen LogP contribution is -2.42. The lowest BCUT2D eigenvalue weighted by Gasteiger charge is -2.21. The summed E-state index contributed by atoms with van der Waals surface area (Å²) >= 11 is 0. The van der Waals surface area contributed by atoms with Gasteiger partial charge in [-0.15, -0.1) is 0 Å². The number of nitrogens with one attached hydrogen (secondary N) is 2. The molecule has 0 fully saturated rings. The number of carbonyl (C=O) groups is 3. The molecule has 1 rings (SSSR count). The molecule has 0 aliphatic carbocycles. The van der Waals surface area contributed by atoms with E-state index in [9.17, 15) is 23.9 Å². The van der Waals surface area contributed by atoms with Gasteiger partial charge in [-0.25, -0.2) is 9.18 Å². The molecule has 1 aromatic rings. The predicted octanol–water partition coefficient (Wildman–Crippen LogP) is 3.20. The Bertz CT molecular complexity index is 713. The molecule has 0 aliphatic heterocycles. The summed E-state index contributed by atoms with van der Waals surface area (Å²) in [5.74, 6) is -2.89. The first-order valence-electron chi connectivity index (χ1n) is 9.16. The van der Waals surface area contributed by atoms with E-state index >= 15 is 0 Å². The number of rotatable bonds is 9. The molecule has 0 aromatic heterocycles. The van der Waals surface area contributed by atoms with E-state index in [1.807, 2.05) is 34.6 Å². The van der Waals surface area contributed by atoms with E-state index in [1.165, 1.54) is 12.1 Å². The summed E-state index contributed by atoms with van der Waals surface area (Å²) in [7, 11) is 0. The topological polar surface area (TPSA) is 105 Å². The number of carboxylic acid groups (broad SMARTS) is 1. The molecular formula is C20H29FN2O5. The van der Waals surface area contributed by atoms with Crippen molar-refractivity contribution in [2.24, 2.45) is 5.92 Å². The smallest absolute Gasteiger partial charge is 0.326 e. The van der Waals surface area contributed by atoms with Crippen LogP contribution < -0.4 is 10.6 Å². The van der Waals surface area contributed by atoms with Crippen molar-refractivity contribution in [3.8, 4) is 0 Å². The number of carboxylic acids is 1. The van der Waals surface area contributed by atoms with Crippen LogP contribution in [0.1, 0.15) is 57.8 Å². The summed E-state index contributed by atoms with van der Waals surface area (Å²) in [6.45, 7) is 9.41. The Balaban J connectivity index is 2.75. The fourth-order valence-corrected chi connectivity index (χ4v) is 2.31. The van der Waals surface area contributed by atoms with Gasteiger partial charge in [0.25, 0.3) is 5.91 Å². The Morgan fingerprint density at radius 1 is 1.21 bits per heavy atom. The number of ether oxygens (including phenoxy) is 1. The van der Waals surface area contributed by atoms with Gasteiger partial charge in [0, 0.05) is 25.0 Å². The van der Waals surface area contributed by atoms with E-state index in [2.05, 4.69) is 10.6 Å². The van der Waals surface area contributed by atoms with Crippen LogP contribution in [0.4, 0.5) is 10.1 Å². The predicted molar refractivity (Wildman–Crippen MR) is 104 cm³/mol. The number of hydrogen-bond acceptors (Lipinski definition) is 4. The summed E-state index contributed by atoms with van der Waals surface area (Å²) in [4.78, 5) is 35.4. The van der Waals surface area contributed by atoms with Crippen molar-refractivity contribution in [2.45, 2.75) is 59.1 Å². The monoisotopic (exact) mass is 396 g/mol. The molecule has 1 aromatic carbocycles. The van der Waals surface area contributed by atoms with Crippen LogP contribution in [0.2, 0.25) is 0 Å². The van der Waals surface area contributed by atoms with Gasteiger partial charge in [0.15, 0.2) is 0 Å². The van der Waals surface area contributed by atoms with Gasteiger partial charge in [-0.2, -0.15) is 0 Å². The molecule has 1 atom stereocenters. The molecule has 0 saturated carbocycles. The van der Waals surface area contributed by atoms with Crippen molar-refractivity contribution < 1.29 is 28.6 Å². The molecule has 156 valence electrons. The van der Waals surface area contributed by atoms with Crippen LogP contribution in [0.3, 0.4) is 0 Å². The zero-order chi connectivity index (χ0) is 21.5. The SMILES string of the molecule is CC(C)CC(=O)Nc1ccc(C(=O)NC(CCOC(C)(C)C)C(=O)O)cc1F. The van der Waals surface area contributed by atoms with Crippen molar-refractivity contribution in [2.75, 3.05) is 11.9 Å². The molecule has 0 aliphatic rings. The third-order valence-electron chi connectivity index (χ3n) is 3.64. The van der Waals surface area contributed by atoms with Crippen molar-refractivity contribution >= 4 is 23.5 Å². The van der Waals surface area contributed by atoms with Gasteiger partial charge in [-0.05, 0) is 44.9 Å². The van der Waals surface area contributed by atoms with Crippen LogP contribution in [-0.4, -0.2) is 41.1 Å². The van der Waals surface area contributed by atoms with Gasteiger partial charge in [0.2, 0.25) is 5.91 Å². The summed E-state index contributed by atoms with van der Waals surface area (Å²) in [6, 6.07) is 2.41. The van der Waals surface area contributed by atoms with Gasteiger partial charge >= 0.3 is 5.97 Å². The normalized spacial score (nSPS) is 12.5. The molecule has 2 amide bonds. The molecule has 28 heavy (non-hydrogen) atoms. The third kappa shape index (κ3) is 8.47. The maximum Gasteiger partial charge on any atom is 0.326 e. The highest BCUT2D eigenvalue weighted by Gasteiger charge is 2.22. The van der Waals surface area contributed by atoms with Crippen LogP contribution in [-0.2, 0) is 14.3 Å². The number of benzene rings is 1. The average molecular weight is 396 g/mol. The highest BCUT2D eigenvalue weighted by molar-refractivity contribution is 5.97. The summed E-state index contributed by atoms with van der Waals surface area (Å²) in [5.41, 5.74) is -0.496. The Morgan fingerprint density at radius 3 is 2.36 bits per heavy atom. The lowest BCUT2D eigenvalue weighted by molar-refractivity contribution is -0.140. The van der Waals surface area contributed by atoms with E-state index < -0.39 is 29.3 Å². The lowest BCUT2D eigenvalue weighted by atomic mass is 10.1. The second-order valence-electron chi connectivity index (χ2n) is 7.95. The fourth-order valence-electron chi connectivity index (χ4n) is 2.31. The largest absolute Gasteiger partial charge is 0.480 e. The molecule has 3 N–H and O–H groups in total. The van der Waals surface area contributed by atoms with Crippen molar-refractivity contribution in [3.63, 3.8) is 0 Å². The Hall–Kier alpha value is -2.48. The van der Waals surface area contributed by atoms with Crippen molar-refractivity contribution in [1.29, 1.82) is 0 Å². The van der Waals surface area contributed by atoms with Gasteiger partial charge in [0.05, 0.1) is 11.3 Å². The molecule has 0 bridgehead atoms.